The number of hydrogen-bond donors (Lipinski definition) is 1. The van der Waals surface area contributed by atoms with Gasteiger partial charge in [0.2, 0.25) is 11.5 Å². The fourth-order valence-electron chi connectivity index (χ4n) is 2.68. The van der Waals surface area contributed by atoms with E-state index in [1.54, 1.807) is 22.9 Å². The van der Waals surface area contributed by atoms with E-state index >= 15 is 0 Å². The molecule has 0 radical (unpaired) electrons. The minimum atomic E-state index is -4.36. The van der Waals surface area contributed by atoms with Gasteiger partial charge in [-0.3, -0.25) is 9.59 Å². The maximum Gasteiger partial charge on any atom is 0.416 e. The Kier molecular flexibility index (Phi) is 6.46. The monoisotopic (exact) mass is 380 g/mol. The van der Waals surface area contributed by atoms with Crippen LogP contribution in [0.2, 0.25) is 0 Å². The van der Waals surface area contributed by atoms with Crippen molar-refractivity contribution < 1.29 is 18.0 Å². The first-order chi connectivity index (χ1) is 12.6. The summed E-state index contributed by atoms with van der Waals surface area (Å²) in [5.74, 6) is -0.154. The number of nitrogens with zero attached hydrogens (tertiary/aromatic N) is 1. The maximum atomic E-state index is 12.7. The molecule has 146 valence electrons. The molecule has 0 aliphatic heterocycles. The summed E-state index contributed by atoms with van der Waals surface area (Å²) in [6.07, 6.45) is -1.90. The zero-order valence-corrected chi connectivity index (χ0v) is 15.3. The largest absolute Gasteiger partial charge is 0.416 e. The van der Waals surface area contributed by atoms with Crippen molar-refractivity contribution in [1.29, 1.82) is 0 Å². The van der Waals surface area contributed by atoms with Gasteiger partial charge in [0.05, 0.1) is 5.56 Å². The standard InChI is InChI=1S/C20H23F3N2O2/c1-19(2,15-8-10-16(11-9-15)20(21,22)23)14-24-17(26)6-5-13-25-12-4-3-7-18(25)27/h3-4,7-12H,5-6,13-14H2,1-2H3,(H,24,26). The predicted octanol–water partition coefficient (Wildman–Crippen LogP) is 3.74. The number of alkyl halides is 3. The van der Waals surface area contributed by atoms with E-state index in [4.69, 9.17) is 0 Å². The van der Waals surface area contributed by atoms with Crippen LogP contribution in [0.4, 0.5) is 13.2 Å². The van der Waals surface area contributed by atoms with Gasteiger partial charge in [-0.15, -0.1) is 0 Å². The second kappa shape index (κ2) is 8.41. The molecule has 2 rings (SSSR count). The Morgan fingerprint density at radius 1 is 1.04 bits per heavy atom. The van der Waals surface area contributed by atoms with Crippen LogP contribution in [0, 0.1) is 0 Å². The number of rotatable bonds is 7. The number of nitrogens with one attached hydrogen (secondary N) is 1. The van der Waals surface area contributed by atoms with Crippen LogP contribution in [-0.2, 0) is 22.9 Å². The van der Waals surface area contributed by atoms with Crippen LogP contribution >= 0.6 is 0 Å². The quantitative estimate of drug-likeness (QED) is 0.796. The third-order valence-corrected chi connectivity index (χ3v) is 4.42. The van der Waals surface area contributed by atoms with E-state index in [0.717, 1.165) is 12.1 Å². The topological polar surface area (TPSA) is 51.1 Å². The van der Waals surface area contributed by atoms with E-state index < -0.39 is 17.2 Å². The molecule has 1 N–H and O–H groups in total. The van der Waals surface area contributed by atoms with Crippen molar-refractivity contribution in [3.63, 3.8) is 0 Å². The summed E-state index contributed by atoms with van der Waals surface area (Å²) < 4.78 is 39.5. The average molecular weight is 380 g/mol. The SMILES string of the molecule is CC(C)(CNC(=O)CCCn1ccccc1=O)c1ccc(C(F)(F)F)cc1. The van der Waals surface area contributed by atoms with Gasteiger partial charge in [-0.25, -0.2) is 0 Å². The van der Waals surface area contributed by atoms with Gasteiger partial charge in [0.25, 0.3) is 0 Å². The van der Waals surface area contributed by atoms with Crippen molar-refractivity contribution in [3.8, 4) is 0 Å². The number of carbonyl (C=O) groups excluding carboxylic acids is 1. The highest BCUT2D eigenvalue weighted by Gasteiger charge is 2.31. The van der Waals surface area contributed by atoms with E-state index in [1.807, 2.05) is 13.8 Å². The van der Waals surface area contributed by atoms with Gasteiger partial charge in [0.15, 0.2) is 0 Å². The van der Waals surface area contributed by atoms with Gasteiger partial charge in [-0.2, -0.15) is 13.2 Å². The van der Waals surface area contributed by atoms with Crippen LogP contribution in [0.1, 0.15) is 37.8 Å². The second-order valence-electron chi connectivity index (χ2n) is 7.07. The molecule has 0 aliphatic rings. The zero-order valence-electron chi connectivity index (χ0n) is 15.3. The lowest BCUT2D eigenvalue weighted by atomic mass is 9.84. The molecule has 0 aliphatic carbocycles. The molecule has 1 heterocycles. The Balaban J connectivity index is 1.84. The highest BCUT2D eigenvalue weighted by molar-refractivity contribution is 5.75. The molecule has 0 bridgehead atoms. The molecule has 4 nitrogen and oxygen atoms in total. The molecule has 1 amide bonds. The molecular formula is C20H23F3N2O2. The minimum absolute atomic E-state index is 0.110. The van der Waals surface area contributed by atoms with Crippen LogP contribution in [-0.4, -0.2) is 17.0 Å². The summed E-state index contributed by atoms with van der Waals surface area (Å²) >= 11 is 0. The molecule has 2 aromatic rings. The molecular weight excluding hydrogens is 357 g/mol. The first-order valence-electron chi connectivity index (χ1n) is 8.69. The number of aryl methyl sites for hydroxylation is 1. The molecule has 0 spiro atoms. The summed E-state index contributed by atoms with van der Waals surface area (Å²) in [6, 6.07) is 9.87. The van der Waals surface area contributed by atoms with E-state index in [-0.39, 0.29) is 17.9 Å². The molecule has 0 unspecified atom stereocenters. The van der Waals surface area contributed by atoms with Crippen LogP contribution in [0.25, 0.3) is 0 Å². The smallest absolute Gasteiger partial charge is 0.355 e. The average Bonchev–Trinajstić information content (AvgIpc) is 2.61. The van der Waals surface area contributed by atoms with Crippen molar-refractivity contribution in [2.45, 2.75) is 44.8 Å². The Morgan fingerprint density at radius 2 is 1.67 bits per heavy atom. The summed E-state index contributed by atoms with van der Waals surface area (Å²) in [7, 11) is 0. The third kappa shape index (κ3) is 5.98. The van der Waals surface area contributed by atoms with Crippen LogP contribution in [0.5, 0.6) is 0 Å². The van der Waals surface area contributed by atoms with Crippen molar-refractivity contribution in [1.82, 2.24) is 9.88 Å². The predicted molar refractivity (Wildman–Crippen MR) is 97.4 cm³/mol. The van der Waals surface area contributed by atoms with Crippen molar-refractivity contribution >= 4 is 5.91 Å². The van der Waals surface area contributed by atoms with Gasteiger partial charge >= 0.3 is 6.18 Å². The maximum absolute atomic E-state index is 12.7. The lowest BCUT2D eigenvalue weighted by Gasteiger charge is -2.26. The highest BCUT2D eigenvalue weighted by Crippen LogP contribution is 2.31. The van der Waals surface area contributed by atoms with Gasteiger partial charge in [0.1, 0.15) is 0 Å². The molecule has 0 fully saturated rings. The summed E-state index contributed by atoms with van der Waals surface area (Å²) in [5.41, 5.74) is -0.592. The first-order valence-corrected chi connectivity index (χ1v) is 8.69. The number of hydrogen-bond acceptors (Lipinski definition) is 2. The number of carbonyl (C=O) groups is 1. The summed E-state index contributed by atoms with van der Waals surface area (Å²) in [6.45, 7) is 4.48. The highest BCUT2D eigenvalue weighted by atomic mass is 19.4. The van der Waals surface area contributed by atoms with Crippen molar-refractivity contribution in [2.75, 3.05) is 6.54 Å². The fourth-order valence-corrected chi connectivity index (χ4v) is 2.68. The normalized spacial score (nSPS) is 12.0. The number of benzene rings is 1. The first kappa shape index (κ1) is 20.7. The molecule has 27 heavy (non-hydrogen) atoms. The van der Waals surface area contributed by atoms with Crippen LogP contribution in [0.3, 0.4) is 0 Å². The summed E-state index contributed by atoms with van der Waals surface area (Å²) in [5, 5.41) is 2.82. The fraction of sp³-hybridized carbons (Fsp3) is 0.400. The minimum Gasteiger partial charge on any atom is -0.355 e. The molecule has 0 saturated carbocycles. The summed E-state index contributed by atoms with van der Waals surface area (Å²) in [4.78, 5) is 23.6. The van der Waals surface area contributed by atoms with Gasteiger partial charge in [0, 0.05) is 37.2 Å². The van der Waals surface area contributed by atoms with E-state index in [1.165, 1.54) is 18.2 Å². The van der Waals surface area contributed by atoms with Gasteiger partial charge in [-0.1, -0.05) is 32.0 Å². The van der Waals surface area contributed by atoms with Crippen molar-refractivity contribution in [3.05, 3.63) is 70.1 Å². The van der Waals surface area contributed by atoms with E-state index in [0.29, 0.717) is 25.1 Å². The number of halogens is 3. The third-order valence-electron chi connectivity index (χ3n) is 4.42. The van der Waals surface area contributed by atoms with Crippen molar-refractivity contribution in [2.24, 2.45) is 0 Å². The van der Waals surface area contributed by atoms with Crippen LogP contribution < -0.4 is 10.9 Å². The Morgan fingerprint density at radius 3 is 2.26 bits per heavy atom. The zero-order chi connectivity index (χ0) is 20.1. The molecule has 0 atom stereocenters. The Hall–Kier alpha value is -2.57. The van der Waals surface area contributed by atoms with E-state index in [2.05, 4.69) is 5.32 Å². The van der Waals surface area contributed by atoms with Gasteiger partial charge in [-0.05, 0) is 30.2 Å². The van der Waals surface area contributed by atoms with Gasteiger partial charge < -0.3 is 9.88 Å². The number of amides is 1. The Labute approximate surface area is 156 Å². The van der Waals surface area contributed by atoms with Crippen LogP contribution in [0.15, 0.2) is 53.5 Å². The lowest BCUT2D eigenvalue weighted by molar-refractivity contribution is -0.137. The number of aromatic nitrogens is 1. The molecule has 1 aromatic carbocycles. The lowest BCUT2D eigenvalue weighted by Crippen LogP contribution is -2.36. The van der Waals surface area contributed by atoms with E-state index in [9.17, 15) is 22.8 Å². The number of pyridine rings is 1. The second-order valence-corrected chi connectivity index (χ2v) is 7.07. The molecule has 1 aromatic heterocycles. The molecule has 0 saturated heterocycles. The Bertz CT molecular complexity index is 824. The molecule has 7 heteroatoms.